The molecular weight excluding hydrogens is 280 g/mol. The van der Waals surface area contributed by atoms with E-state index in [1.165, 1.54) is 0 Å². The smallest absolute Gasteiger partial charge is 0.426 e. The van der Waals surface area contributed by atoms with Gasteiger partial charge in [-0.1, -0.05) is 24.3 Å². The lowest BCUT2D eigenvalue weighted by atomic mass is 10.3. The third-order valence-corrected chi connectivity index (χ3v) is 3.00. The lowest BCUT2D eigenvalue weighted by Crippen LogP contribution is -2.02. The van der Waals surface area contributed by atoms with E-state index < -0.39 is 0 Å². The molecule has 6 heteroatoms. The highest BCUT2D eigenvalue weighted by molar-refractivity contribution is 5.57. The summed E-state index contributed by atoms with van der Waals surface area (Å²) in [7, 11) is 0. The van der Waals surface area contributed by atoms with Crippen molar-refractivity contribution >= 4 is 11.4 Å². The van der Waals surface area contributed by atoms with Crippen LogP contribution < -0.4 is 9.47 Å². The van der Waals surface area contributed by atoms with Gasteiger partial charge in [-0.05, 0) is 25.0 Å². The number of rotatable bonds is 7. The minimum Gasteiger partial charge on any atom is -0.486 e. The van der Waals surface area contributed by atoms with Gasteiger partial charge < -0.3 is 9.47 Å². The van der Waals surface area contributed by atoms with Crippen molar-refractivity contribution in [3.05, 3.63) is 58.5 Å². The lowest BCUT2D eigenvalue weighted by Gasteiger charge is -2.05. The second-order valence-electron chi connectivity index (χ2n) is 4.54. The normalized spacial score (nSPS) is 9.55. The molecule has 2 aromatic carbocycles. The Labute approximate surface area is 128 Å². The van der Waals surface area contributed by atoms with E-state index >= 15 is 0 Å². The molecule has 0 fully saturated rings. The van der Waals surface area contributed by atoms with Crippen molar-refractivity contribution < 1.29 is 9.47 Å². The van der Waals surface area contributed by atoms with Crippen molar-refractivity contribution in [1.82, 2.24) is 0 Å². The van der Waals surface area contributed by atoms with Crippen molar-refractivity contribution in [2.75, 3.05) is 13.2 Å². The van der Waals surface area contributed by atoms with Gasteiger partial charge in [0.2, 0.25) is 22.3 Å². The monoisotopic (exact) mass is 296 g/mol. The fourth-order valence-corrected chi connectivity index (χ4v) is 1.89. The molecule has 0 spiro atoms. The highest BCUT2D eigenvalue weighted by Gasteiger charge is 2.14. The molecule has 0 unspecified atom stereocenters. The lowest BCUT2D eigenvalue weighted by molar-refractivity contribution is 0.268. The van der Waals surface area contributed by atoms with Crippen molar-refractivity contribution in [3.63, 3.8) is 0 Å². The van der Waals surface area contributed by atoms with Crippen LogP contribution in [0.15, 0.2) is 48.5 Å². The van der Waals surface area contributed by atoms with Gasteiger partial charge >= 0.3 is 11.4 Å². The first-order valence-electron chi connectivity index (χ1n) is 6.99. The molecule has 0 bridgehead atoms. The molecule has 0 aromatic heterocycles. The predicted molar refractivity (Wildman–Crippen MR) is 82.6 cm³/mol. The van der Waals surface area contributed by atoms with Crippen molar-refractivity contribution in [3.8, 4) is 11.5 Å². The van der Waals surface area contributed by atoms with E-state index in [0.29, 0.717) is 36.1 Å². The number of unbranched alkanes of at least 4 members (excludes halogenated alkanes) is 1. The van der Waals surface area contributed by atoms with Gasteiger partial charge in [-0.2, -0.15) is 0 Å². The number of para-hydroxylation sites is 2. The summed E-state index contributed by atoms with van der Waals surface area (Å²) < 4.78 is 11.1. The summed E-state index contributed by atoms with van der Waals surface area (Å²) in [5.41, 5.74) is 0.828. The summed E-state index contributed by atoms with van der Waals surface area (Å²) in [6.07, 6.45) is 1.58. The van der Waals surface area contributed by atoms with Crippen LogP contribution in [0.25, 0.3) is 9.95 Å². The van der Waals surface area contributed by atoms with Gasteiger partial charge in [-0.3, -0.25) is 0 Å². The van der Waals surface area contributed by atoms with Crippen molar-refractivity contribution in [1.29, 1.82) is 10.8 Å². The van der Waals surface area contributed by atoms with Crippen LogP contribution in [0.3, 0.4) is 0 Å². The summed E-state index contributed by atoms with van der Waals surface area (Å²) >= 11 is 0. The molecule has 0 amide bonds. The molecular formula is C16H16N4O2+2. The van der Waals surface area contributed by atoms with Gasteiger partial charge in [0.25, 0.3) is 0 Å². The zero-order valence-electron chi connectivity index (χ0n) is 12.1. The maximum atomic E-state index is 8.83. The van der Waals surface area contributed by atoms with Gasteiger partial charge in [-0.15, -0.1) is 0 Å². The first-order valence-corrected chi connectivity index (χ1v) is 6.99. The second-order valence-corrected chi connectivity index (χ2v) is 4.54. The molecule has 22 heavy (non-hydrogen) atoms. The summed E-state index contributed by atoms with van der Waals surface area (Å²) in [5.74, 6) is 1.10. The van der Waals surface area contributed by atoms with E-state index in [-0.39, 0.29) is 0 Å². The molecule has 6 nitrogen and oxygen atoms in total. The number of hydrogen-bond acceptors (Lipinski definition) is 4. The minimum atomic E-state index is 0.414. The Morgan fingerprint density at radius 1 is 0.682 bits per heavy atom. The predicted octanol–water partition coefficient (Wildman–Crippen LogP) is 4.89. The van der Waals surface area contributed by atoms with Crippen molar-refractivity contribution in [2.45, 2.75) is 12.8 Å². The third kappa shape index (κ3) is 4.19. The summed E-state index contributed by atoms with van der Waals surface area (Å²) in [6.45, 7) is 1.00. The Morgan fingerprint density at radius 2 is 1.09 bits per heavy atom. The van der Waals surface area contributed by atoms with Gasteiger partial charge in [0, 0.05) is 12.1 Å². The van der Waals surface area contributed by atoms with Crippen LogP contribution in [-0.2, 0) is 0 Å². The fraction of sp³-hybridized carbons (Fsp3) is 0.250. The Morgan fingerprint density at radius 3 is 1.50 bits per heavy atom. The average Bonchev–Trinajstić information content (AvgIpc) is 2.58. The number of diazo groups is 2. The Hall–Kier alpha value is -3.12. The van der Waals surface area contributed by atoms with Crippen LogP contribution in [0.1, 0.15) is 12.8 Å². The van der Waals surface area contributed by atoms with Crippen LogP contribution in [0, 0.1) is 10.8 Å². The van der Waals surface area contributed by atoms with Gasteiger partial charge in [-0.25, -0.2) is 0 Å². The zero-order valence-corrected chi connectivity index (χ0v) is 12.1. The van der Waals surface area contributed by atoms with E-state index in [1.54, 1.807) is 36.4 Å². The van der Waals surface area contributed by atoms with Crippen LogP contribution in [0.4, 0.5) is 11.4 Å². The van der Waals surface area contributed by atoms with Gasteiger partial charge in [0.05, 0.1) is 13.2 Å². The zero-order chi connectivity index (χ0) is 15.6. The first kappa shape index (κ1) is 15.3. The van der Waals surface area contributed by atoms with Crippen LogP contribution in [0.2, 0.25) is 0 Å². The molecule has 0 N–H and O–H groups in total. The van der Waals surface area contributed by atoms with E-state index in [1.807, 2.05) is 12.1 Å². The van der Waals surface area contributed by atoms with E-state index in [4.69, 9.17) is 20.3 Å². The SMILES string of the molecule is N#[N+]c1ccccc1OCCCCOc1ccccc1[N+]#N. The molecule has 0 aliphatic rings. The highest BCUT2D eigenvalue weighted by Crippen LogP contribution is 2.27. The molecule has 0 heterocycles. The topological polar surface area (TPSA) is 74.8 Å². The molecule has 0 aliphatic carbocycles. The molecule has 2 rings (SSSR count). The first-order chi connectivity index (χ1) is 10.8. The maximum Gasteiger partial charge on any atom is 0.426 e. The number of hydrogen-bond donors (Lipinski definition) is 0. The Kier molecular flexibility index (Phi) is 5.71. The van der Waals surface area contributed by atoms with E-state index in [2.05, 4.69) is 9.95 Å². The standard InChI is InChI=1S/C16H16N4O2/c17-19-13-7-1-3-9-15(13)21-11-5-6-12-22-16-10-4-2-8-14(16)20-18/h1-4,7-10H,5-6,11-12H2/q+2. The summed E-state index contributed by atoms with van der Waals surface area (Å²) in [5, 5.41) is 17.7. The third-order valence-electron chi connectivity index (χ3n) is 3.00. The molecule has 2 aromatic rings. The fourth-order valence-electron chi connectivity index (χ4n) is 1.89. The maximum absolute atomic E-state index is 8.83. The van der Waals surface area contributed by atoms with E-state index in [0.717, 1.165) is 12.8 Å². The second kappa shape index (κ2) is 8.23. The molecule has 0 saturated carbocycles. The Bertz CT molecular complexity index is 642. The van der Waals surface area contributed by atoms with Crippen LogP contribution in [0.5, 0.6) is 11.5 Å². The highest BCUT2D eigenvalue weighted by atomic mass is 16.5. The molecule has 0 atom stereocenters. The van der Waals surface area contributed by atoms with Gasteiger partial charge in [0.1, 0.15) is 0 Å². The average molecular weight is 296 g/mol. The number of nitrogens with zero attached hydrogens (tertiary/aromatic N) is 4. The molecule has 0 saturated heterocycles. The molecule has 0 aliphatic heterocycles. The van der Waals surface area contributed by atoms with Crippen LogP contribution >= 0.6 is 0 Å². The number of benzene rings is 2. The largest absolute Gasteiger partial charge is 0.486 e. The Balaban J connectivity index is 1.70. The minimum absolute atomic E-state index is 0.414. The summed E-state index contributed by atoms with van der Waals surface area (Å²) in [6, 6.07) is 14.1. The van der Waals surface area contributed by atoms with Gasteiger partial charge in [0.15, 0.2) is 9.95 Å². The summed E-state index contributed by atoms with van der Waals surface area (Å²) in [4.78, 5) is 6.32. The van der Waals surface area contributed by atoms with E-state index in [9.17, 15) is 0 Å². The quantitative estimate of drug-likeness (QED) is 0.538. The van der Waals surface area contributed by atoms with Crippen molar-refractivity contribution in [2.24, 2.45) is 0 Å². The number of ether oxygens (including phenoxy) is 2. The molecule has 110 valence electrons. The molecule has 0 radical (unpaired) electrons. The van der Waals surface area contributed by atoms with Crippen LogP contribution in [-0.4, -0.2) is 13.2 Å².